The molecule has 0 saturated heterocycles. The first-order chi connectivity index (χ1) is 10.6. The third kappa shape index (κ3) is 2.65. The minimum atomic E-state index is 0.0318. The van der Waals surface area contributed by atoms with Crippen molar-refractivity contribution in [3.63, 3.8) is 0 Å². The summed E-state index contributed by atoms with van der Waals surface area (Å²) in [5.41, 5.74) is 1.39. The standard InChI is InChI=1S/C17H26N2O2S/c1-19(2)17(9-4-5-10-17)11-18-16(20)15-14(21-3)12-7-6-8-13(12)22-15/h4-11H2,1-3H3,(H,18,20). The summed E-state index contributed by atoms with van der Waals surface area (Å²) in [6, 6.07) is 0. The molecule has 0 radical (unpaired) electrons. The Morgan fingerprint density at radius 3 is 2.64 bits per heavy atom. The summed E-state index contributed by atoms with van der Waals surface area (Å²) in [5, 5.41) is 3.18. The number of methoxy groups -OCH3 is 1. The molecule has 0 aliphatic heterocycles. The predicted molar refractivity (Wildman–Crippen MR) is 90.1 cm³/mol. The van der Waals surface area contributed by atoms with E-state index in [4.69, 9.17) is 4.74 Å². The van der Waals surface area contributed by atoms with Gasteiger partial charge in [0.25, 0.3) is 5.91 Å². The van der Waals surface area contributed by atoms with Crippen molar-refractivity contribution in [1.29, 1.82) is 0 Å². The van der Waals surface area contributed by atoms with E-state index in [0.29, 0.717) is 0 Å². The number of hydrogen-bond acceptors (Lipinski definition) is 4. The molecule has 0 unspecified atom stereocenters. The summed E-state index contributed by atoms with van der Waals surface area (Å²) in [5.74, 6) is 0.852. The smallest absolute Gasteiger partial charge is 0.265 e. The number of rotatable bonds is 5. The lowest BCUT2D eigenvalue weighted by molar-refractivity contribution is 0.0901. The van der Waals surface area contributed by atoms with Crippen LogP contribution in [0.4, 0.5) is 0 Å². The van der Waals surface area contributed by atoms with Gasteiger partial charge in [-0.15, -0.1) is 11.3 Å². The van der Waals surface area contributed by atoms with Crippen LogP contribution in [0, 0.1) is 0 Å². The molecule has 0 atom stereocenters. The zero-order chi connectivity index (χ0) is 15.7. The van der Waals surface area contributed by atoms with E-state index >= 15 is 0 Å². The van der Waals surface area contributed by atoms with Crippen LogP contribution in [0.15, 0.2) is 0 Å². The Morgan fingerprint density at radius 1 is 1.27 bits per heavy atom. The molecule has 1 aromatic rings. The number of hydrogen-bond donors (Lipinski definition) is 1. The number of nitrogens with one attached hydrogen (secondary N) is 1. The fraction of sp³-hybridized carbons (Fsp3) is 0.706. The summed E-state index contributed by atoms with van der Waals surface area (Å²) in [7, 11) is 5.92. The molecule has 0 bridgehead atoms. The van der Waals surface area contributed by atoms with Crippen molar-refractivity contribution in [2.75, 3.05) is 27.7 Å². The molecule has 0 aromatic carbocycles. The number of thiophene rings is 1. The molecule has 1 N–H and O–H groups in total. The number of carbonyl (C=O) groups is 1. The van der Waals surface area contributed by atoms with Gasteiger partial charge in [0.05, 0.1) is 7.11 Å². The molecule has 1 aromatic heterocycles. The van der Waals surface area contributed by atoms with E-state index < -0.39 is 0 Å². The molecule has 5 heteroatoms. The molecule has 1 amide bonds. The Kier molecular flexibility index (Phi) is 4.46. The van der Waals surface area contributed by atoms with Crippen LogP contribution in [0.2, 0.25) is 0 Å². The van der Waals surface area contributed by atoms with Crippen molar-refractivity contribution in [1.82, 2.24) is 10.2 Å². The quantitative estimate of drug-likeness (QED) is 0.906. The maximum atomic E-state index is 12.7. The zero-order valence-corrected chi connectivity index (χ0v) is 14.6. The number of nitrogens with zero attached hydrogens (tertiary/aromatic N) is 1. The second kappa shape index (κ2) is 6.20. The molecule has 0 spiro atoms. The van der Waals surface area contributed by atoms with Crippen LogP contribution in [-0.2, 0) is 12.8 Å². The molecular weight excluding hydrogens is 296 g/mol. The van der Waals surface area contributed by atoms with Crippen molar-refractivity contribution in [3.8, 4) is 5.75 Å². The number of carbonyl (C=O) groups excluding carboxylic acids is 1. The van der Waals surface area contributed by atoms with Crippen LogP contribution in [-0.4, -0.2) is 44.1 Å². The van der Waals surface area contributed by atoms with E-state index in [1.165, 1.54) is 42.5 Å². The van der Waals surface area contributed by atoms with Crippen LogP contribution in [0.1, 0.15) is 52.2 Å². The van der Waals surface area contributed by atoms with Gasteiger partial charge in [-0.05, 0) is 46.2 Å². The van der Waals surface area contributed by atoms with E-state index in [9.17, 15) is 4.79 Å². The number of fused-ring (bicyclic) bond motifs is 1. The van der Waals surface area contributed by atoms with Gasteiger partial charge in [0.1, 0.15) is 10.6 Å². The number of aryl methyl sites for hydroxylation is 1. The minimum Gasteiger partial charge on any atom is -0.495 e. The largest absolute Gasteiger partial charge is 0.495 e. The fourth-order valence-electron chi connectivity index (χ4n) is 3.88. The first-order valence-corrected chi connectivity index (χ1v) is 9.03. The first-order valence-electron chi connectivity index (χ1n) is 8.21. The SMILES string of the molecule is COc1c(C(=O)NCC2(N(C)C)CCCC2)sc2c1CCC2. The van der Waals surface area contributed by atoms with Crippen LogP contribution in [0.3, 0.4) is 0 Å². The predicted octanol–water partition coefficient (Wildman–Crippen LogP) is 2.85. The van der Waals surface area contributed by atoms with Gasteiger partial charge < -0.3 is 15.0 Å². The highest BCUT2D eigenvalue weighted by molar-refractivity contribution is 7.14. The monoisotopic (exact) mass is 322 g/mol. The molecule has 3 rings (SSSR count). The van der Waals surface area contributed by atoms with E-state index in [2.05, 4.69) is 24.3 Å². The highest BCUT2D eigenvalue weighted by Crippen LogP contribution is 2.41. The molecule has 1 heterocycles. The average Bonchev–Trinajstić information content (AvgIpc) is 3.19. The molecule has 1 saturated carbocycles. The Balaban J connectivity index is 1.73. The van der Waals surface area contributed by atoms with Crippen LogP contribution in [0.25, 0.3) is 0 Å². The zero-order valence-electron chi connectivity index (χ0n) is 13.8. The first kappa shape index (κ1) is 15.8. The van der Waals surface area contributed by atoms with E-state index in [0.717, 1.165) is 30.0 Å². The average molecular weight is 322 g/mol. The van der Waals surface area contributed by atoms with Crippen molar-refractivity contribution in [2.24, 2.45) is 0 Å². The summed E-state index contributed by atoms with van der Waals surface area (Å²) < 4.78 is 5.53. The van der Waals surface area contributed by atoms with Crippen molar-refractivity contribution in [2.45, 2.75) is 50.5 Å². The third-order valence-electron chi connectivity index (χ3n) is 5.34. The molecule has 22 heavy (non-hydrogen) atoms. The minimum absolute atomic E-state index is 0.0318. The maximum Gasteiger partial charge on any atom is 0.265 e. The van der Waals surface area contributed by atoms with E-state index in [1.54, 1.807) is 18.4 Å². The fourth-order valence-corrected chi connectivity index (χ4v) is 5.16. The Hall–Kier alpha value is -1.07. The molecule has 1 fully saturated rings. The van der Waals surface area contributed by atoms with E-state index in [1.807, 2.05) is 0 Å². The van der Waals surface area contributed by atoms with Gasteiger partial charge in [-0.25, -0.2) is 0 Å². The van der Waals surface area contributed by atoms with Gasteiger partial charge in [-0.3, -0.25) is 4.79 Å². The Bertz CT molecular complexity index is 559. The van der Waals surface area contributed by atoms with E-state index in [-0.39, 0.29) is 11.4 Å². The van der Waals surface area contributed by atoms with Gasteiger partial charge >= 0.3 is 0 Å². The van der Waals surface area contributed by atoms with Crippen LogP contribution >= 0.6 is 11.3 Å². The second-order valence-corrected chi connectivity index (χ2v) is 7.83. The molecule has 122 valence electrons. The molecular formula is C17H26N2O2S. The summed E-state index contributed by atoms with van der Waals surface area (Å²) in [6.07, 6.45) is 8.16. The second-order valence-electron chi connectivity index (χ2n) is 6.73. The van der Waals surface area contributed by atoms with Gasteiger partial charge in [-0.1, -0.05) is 12.8 Å². The van der Waals surface area contributed by atoms with Crippen LogP contribution < -0.4 is 10.1 Å². The third-order valence-corrected chi connectivity index (χ3v) is 6.62. The van der Waals surface area contributed by atoms with Crippen molar-refractivity contribution >= 4 is 17.2 Å². The number of likely N-dealkylation sites (N-methyl/N-ethyl adjacent to an activating group) is 1. The molecule has 4 nitrogen and oxygen atoms in total. The summed E-state index contributed by atoms with van der Waals surface area (Å²) in [4.78, 5) is 17.0. The molecule has 2 aliphatic carbocycles. The normalized spacial score (nSPS) is 19.5. The van der Waals surface area contributed by atoms with Gasteiger partial charge in [-0.2, -0.15) is 0 Å². The van der Waals surface area contributed by atoms with Gasteiger partial charge in [0, 0.05) is 22.5 Å². The van der Waals surface area contributed by atoms with Crippen molar-refractivity contribution < 1.29 is 9.53 Å². The Morgan fingerprint density at radius 2 is 2.00 bits per heavy atom. The summed E-state index contributed by atoms with van der Waals surface area (Å²) >= 11 is 1.62. The summed E-state index contributed by atoms with van der Waals surface area (Å²) in [6.45, 7) is 0.727. The lowest BCUT2D eigenvalue weighted by atomic mass is 9.96. The lowest BCUT2D eigenvalue weighted by Gasteiger charge is -2.36. The highest BCUT2D eigenvalue weighted by Gasteiger charge is 2.36. The highest BCUT2D eigenvalue weighted by atomic mass is 32.1. The van der Waals surface area contributed by atoms with Crippen molar-refractivity contribution in [3.05, 3.63) is 15.3 Å². The lowest BCUT2D eigenvalue weighted by Crippen LogP contribution is -2.50. The molecule has 2 aliphatic rings. The number of ether oxygens (including phenoxy) is 1. The number of amides is 1. The maximum absolute atomic E-state index is 12.7. The Labute approximate surface area is 136 Å². The van der Waals surface area contributed by atoms with Crippen LogP contribution in [0.5, 0.6) is 5.75 Å². The van der Waals surface area contributed by atoms with Gasteiger partial charge in [0.2, 0.25) is 0 Å². The van der Waals surface area contributed by atoms with Gasteiger partial charge in [0.15, 0.2) is 0 Å². The topological polar surface area (TPSA) is 41.6 Å².